The number of nitrogen functional groups attached to an aromatic ring is 1. The highest BCUT2D eigenvalue weighted by molar-refractivity contribution is 5.99. The zero-order chi connectivity index (χ0) is 13.7. The molecule has 4 heteroatoms. The topological polar surface area (TPSA) is 55.1 Å². The third-order valence-electron chi connectivity index (χ3n) is 3.38. The van der Waals surface area contributed by atoms with Crippen molar-refractivity contribution >= 4 is 11.6 Å². The van der Waals surface area contributed by atoms with Gasteiger partial charge in [0, 0.05) is 12.2 Å². The largest absolute Gasteiger partial charge is 0.398 e. The average molecular weight is 262 g/mol. The fraction of sp³-hybridized carbons (Fsp3) is 0.400. The monoisotopic (exact) mass is 262 g/mol. The number of benzene rings is 1. The van der Waals surface area contributed by atoms with Crippen LogP contribution < -0.4 is 11.1 Å². The number of nitrogens with one attached hydrogen (secondary N) is 1. The van der Waals surface area contributed by atoms with Crippen molar-refractivity contribution < 1.29 is 9.18 Å². The Balaban J connectivity index is 1.87. The molecule has 0 fully saturated rings. The average Bonchev–Trinajstić information content (AvgIpc) is 2.42. The van der Waals surface area contributed by atoms with Crippen LogP contribution in [-0.2, 0) is 0 Å². The molecular weight excluding hydrogens is 243 g/mol. The quantitative estimate of drug-likeness (QED) is 0.647. The first-order chi connectivity index (χ1) is 9.16. The Morgan fingerprint density at radius 1 is 1.37 bits per heavy atom. The van der Waals surface area contributed by atoms with E-state index in [1.165, 1.54) is 36.6 Å². The molecule has 3 N–H and O–H groups in total. The lowest BCUT2D eigenvalue weighted by Gasteiger charge is -2.13. The fourth-order valence-corrected chi connectivity index (χ4v) is 2.29. The van der Waals surface area contributed by atoms with Crippen LogP contribution in [0, 0.1) is 5.82 Å². The minimum Gasteiger partial charge on any atom is -0.398 e. The molecular formula is C15H19FN2O. The van der Waals surface area contributed by atoms with Gasteiger partial charge >= 0.3 is 0 Å². The van der Waals surface area contributed by atoms with E-state index in [0.29, 0.717) is 12.2 Å². The Hall–Kier alpha value is -1.84. The van der Waals surface area contributed by atoms with E-state index in [-0.39, 0.29) is 11.5 Å². The molecule has 0 radical (unpaired) electrons. The number of hydrogen-bond acceptors (Lipinski definition) is 2. The van der Waals surface area contributed by atoms with Gasteiger partial charge in [0.1, 0.15) is 5.82 Å². The van der Waals surface area contributed by atoms with Crippen molar-refractivity contribution in [3.05, 3.63) is 41.2 Å². The summed E-state index contributed by atoms with van der Waals surface area (Å²) >= 11 is 0. The molecule has 2 rings (SSSR count). The highest BCUT2D eigenvalue weighted by Gasteiger charge is 2.11. The Morgan fingerprint density at radius 2 is 2.21 bits per heavy atom. The van der Waals surface area contributed by atoms with Crippen molar-refractivity contribution in [2.75, 3.05) is 12.3 Å². The molecule has 0 aromatic heterocycles. The minimum absolute atomic E-state index is 0.206. The molecule has 1 aliphatic rings. The van der Waals surface area contributed by atoms with Crippen molar-refractivity contribution in [3.8, 4) is 0 Å². The maximum Gasteiger partial charge on any atom is 0.253 e. The van der Waals surface area contributed by atoms with E-state index in [2.05, 4.69) is 11.4 Å². The second kappa shape index (κ2) is 6.36. The van der Waals surface area contributed by atoms with Crippen molar-refractivity contribution in [1.82, 2.24) is 5.32 Å². The molecule has 1 aromatic rings. The van der Waals surface area contributed by atoms with Gasteiger partial charge < -0.3 is 11.1 Å². The van der Waals surface area contributed by atoms with Crippen LogP contribution in [0.5, 0.6) is 0 Å². The lowest BCUT2D eigenvalue weighted by Crippen LogP contribution is -2.25. The second-order valence-electron chi connectivity index (χ2n) is 4.85. The highest BCUT2D eigenvalue weighted by Crippen LogP contribution is 2.19. The molecule has 19 heavy (non-hydrogen) atoms. The smallest absolute Gasteiger partial charge is 0.253 e. The lowest BCUT2D eigenvalue weighted by atomic mass is 9.97. The van der Waals surface area contributed by atoms with E-state index in [1.807, 2.05) is 0 Å². The lowest BCUT2D eigenvalue weighted by molar-refractivity contribution is 0.0954. The van der Waals surface area contributed by atoms with Crippen molar-refractivity contribution in [2.45, 2.75) is 32.1 Å². The number of carbonyl (C=O) groups excluding carboxylic acids is 1. The summed E-state index contributed by atoms with van der Waals surface area (Å²) in [6.45, 7) is 0.570. The van der Waals surface area contributed by atoms with Crippen LogP contribution in [0.2, 0.25) is 0 Å². The van der Waals surface area contributed by atoms with E-state index in [4.69, 9.17) is 5.73 Å². The zero-order valence-electron chi connectivity index (χ0n) is 10.9. The first-order valence-corrected chi connectivity index (χ1v) is 6.68. The third-order valence-corrected chi connectivity index (χ3v) is 3.38. The summed E-state index contributed by atoms with van der Waals surface area (Å²) in [5.74, 6) is -0.761. The van der Waals surface area contributed by atoms with Crippen LogP contribution in [0.25, 0.3) is 0 Å². The van der Waals surface area contributed by atoms with Gasteiger partial charge in [0.05, 0.1) is 5.56 Å². The van der Waals surface area contributed by atoms with Gasteiger partial charge in [-0.1, -0.05) is 11.6 Å². The Bertz CT molecular complexity index is 497. The molecule has 0 aliphatic heterocycles. The molecule has 0 bridgehead atoms. The van der Waals surface area contributed by atoms with E-state index in [0.717, 1.165) is 19.3 Å². The van der Waals surface area contributed by atoms with Crippen molar-refractivity contribution in [3.63, 3.8) is 0 Å². The molecule has 0 heterocycles. The van der Waals surface area contributed by atoms with Crippen LogP contribution in [0.4, 0.5) is 10.1 Å². The Morgan fingerprint density at radius 3 is 2.95 bits per heavy atom. The molecule has 3 nitrogen and oxygen atoms in total. The zero-order valence-corrected chi connectivity index (χ0v) is 10.9. The summed E-state index contributed by atoms with van der Waals surface area (Å²) < 4.78 is 13.1. The second-order valence-corrected chi connectivity index (χ2v) is 4.85. The first-order valence-electron chi connectivity index (χ1n) is 6.68. The van der Waals surface area contributed by atoms with Gasteiger partial charge in [-0.25, -0.2) is 4.39 Å². The summed E-state index contributed by atoms with van der Waals surface area (Å²) in [4.78, 5) is 11.9. The first kappa shape index (κ1) is 13.6. The highest BCUT2D eigenvalue weighted by atomic mass is 19.1. The van der Waals surface area contributed by atoms with Gasteiger partial charge in [-0.05, 0) is 50.3 Å². The van der Waals surface area contributed by atoms with Gasteiger partial charge in [0.15, 0.2) is 0 Å². The molecule has 0 spiro atoms. The summed E-state index contributed by atoms with van der Waals surface area (Å²) in [6, 6.07) is 3.83. The third kappa shape index (κ3) is 3.81. The number of allylic oxidation sites excluding steroid dienone is 1. The normalized spacial score (nSPS) is 14.9. The van der Waals surface area contributed by atoms with Crippen molar-refractivity contribution in [2.24, 2.45) is 0 Å². The van der Waals surface area contributed by atoms with Gasteiger partial charge in [0.25, 0.3) is 5.91 Å². The predicted octanol–water partition coefficient (Wildman–Crippen LogP) is 3.03. The van der Waals surface area contributed by atoms with Crippen LogP contribution in [0.1, 0.15) is 42.5 Å². The summed E-state index contributed by atoms with van der Waals surface area (Å²) in [5, 5.41) is 2.79. The molecule has 0 atom stereocenters. The Labute approximate surface area is 112 Å². The van der Waals surface area contributed by atoms with Crippen LogP contribution in [0.3, 0.4) is 0 Å². The Kier molecular flexibility index (Phi) is 4.55. The molecule has 0 unspecified atom stereocenters. The maximum atomic E-state index is 13.1. The number of hydrogen-bond donors (Lipinski definition) is 2. The van der Waals surface area contributed by atoms with E-state index in [1.54, 1.807) is 0 Å². The summed E-state index contributed by atoms with van der Waals surface area (Å²) in [5.41, 5.74) is 7.58. The predicted molar refractivity (Wildman–Crippen MR) is 74.3 cm³/mol. The van der Waals surface area contributed by atoms with Gasteiger partial charge in [-0.2, -0.15) is 0 Å². The molecule has 1 aliphatic carbocycles. The molecule has 102 valence electrons. The standard InChI is InChI=1S/C15H19FN2O/c16-12-6-7-14(17)13(10-12)15(19)18-9-8-11-4-2-1-3-5-11/h4,6-7,10H,1-3,5,8-9,17H2,(H,18,19). The number of nitrogens with two attached hydrogens (primary N) is 1. The number of amides is 1. The van der Waals surface area contributed by atoms with E-state index < -0.39 is 5.82 Å². The van der Waals surface area contributed by atoms with Crippen LogP contribution in [-0.4, -0.2) is 12.5 Å². The van der Waals surface area contributed by atoms with Crippen LogP contribution in [0.15, 0.2) is 29.8 Å². The minimum atomic E-state index is -0.450. The summed E-state index contributed by atoms with van der Waals surface area (Å²) in [7, 11) is 0. The number of rotatable bonds is 4. The van der Waals surface area contributed by atoms with Crippen LogP contribution >= 0.6 is 0 Å². The van der Waals surface area contributed by atoms with E-state index in [9.17, 15) is 9.18 Å². The SMILES string of the molecule is Nc1ccc(F)cc1C(=O)NCCC1=CCCCC1. The number of carbonyl (C=O) groups is 1. The number of halogens is 1. The van der Waals surface area contributed by atoms with Gasteiger partial charge in [0.2, 0.25) is 0 Å². The molecule has 1 amide bonds. The molecule has 0 saturated carbocycles. The maximum absolute atomic E-state index is 13.1. The summed E-state index contributed by atoms with van der Waals surface area (Å²) in [6.07, 6.45) is 7.87. The van der Waals surface area contributed by atoms with Gasteiger partial charge in [-0.15, -0.1) is 0 Å². The van der Waals surface area contributed by atoms with Gasteiger partial charge in [-0.3, -0.25) is 4.79 Å². The molecule has 1 aromatic carbocycles. The number of anilines is 1. The molecule has 0 saturated heterocycles. The fourth-order valence-electron chi connectivity index (χ4n) is 2.29. The van der Waals surface area contributed by atoms with Crippen molar-refractivity contribution in [1.29, 1.82) is 0 Å². The van der Waals surface area contributed by atoms with E-state index >= 15 is 0 Å².